The third-order valence-electron chi connectivity index (χ3n) is 7.35. The van der Waals surface area contributed by atoms with Crippen LogP contribution in [0.5, 0.6) is 0 Å². The van der Waals surface area contributed by atoms with Gasteiger partial charge < -0.3 is 20.7 Å². The van der Waals surface area contributed by atoms with Gasteiger partial charge in [-0.1, -0.05) is 44.2 Å². The number of piperazine rings is 1. The summed E-state index contributed by atoms with van der Waals surface area (Å²) in [5.41, 5.74) is 8.97. The Kier molecular flexibility index (Phi) is 10.4. The Morgan fingerprint density at radius 2 is 1.76 bits per heavy atom. The SMILES string of the molecule is CC.NCc1ccc(C(F)(F)F)cc1-c1ccc(CNC(=O)c2cncc(N3CCN(C[C@H]4CCO4)CC3)c2)cc1. The fraction of sp³-hybridized carbons (Fsp3) is 0.419. The summed E-state index contributed by atoms with van der Waals surface area (Å²) in [6.07, 6.45) is 0.400. The van der Waals surface area contributed by atoms with Gasteiger partial charge >= 0.3 is 6.18 Å². The first-order valence-corrected chi connectivity index (χ1v) is 14.1. The van der Waals surface area contributed by atoms with Crippen molar-refractivity contribution in [2.45, 2.75) is 45.6 Å². The van der Waals surface area contributed by atoms with E-state index in [4.69, 9.17) is 10.5 Å². The van der Waals surface area contributed by atoms with Crippen molar-refractivity contribution in [1.29, 1.82) is 0 Å². The van der Waals surface area contributed by atoms with Crippen LogP contribution in [0.2, 0.25) is 0 Å². The van der Waals surface area contributed by atoms with E-state index in [9.17, 15) is 18.0 Å². The van der Waals surface area contributed by atoms with E-state index < -0.39 is 11.7 Å². The van der Waals surface area contributed by atoms with Gasteiger partial charge in [-0.2, -0.15) is 13.2 Å². The molecule has 0 saturated carbocycles. The Bertz CT molecular complexity index is 1290. The van der Waals surface area contributed by atoms with Crippen LogP contribution in [0.15, 0.2) is 60.9 Å². The number of nitrogens with two attached hydrogens (primary N) is 1. The average Bonchev–Trinajstić information content (AvgIpc) is 2.98. The third kappa shape index (κ3) is 7.84. The van der Waals surface area contributed by atoms with Crippen LogP contribution in [0.4, 0.5) is 18.9 Å². The number of benzene rings is 2. The molecule has 0 aliphatic carbocycles. The minimum Gasteiger partial charge on any atom is -0.377 e. The van der Waals surface area contributed by atoms with Crippen LogP contribution in [0, 0.1) is 0 Å². The zero-order chi connectivity index (χ0) is 29.4. The number of carbonyl (C=O) groups is 1. The molecule has 3 aromatic rings. The maximum atomic E-state index is 13.2. The van der Waals surface area contributed by atoms with Gasteiger partial charge in [-0.3, -0.25) is 14.7 Å². The van der Waals surface area contributed by atoms with E-state index in [1.165, 1.54) is 6.07 Å². The van der Waals surface area contributed by atoms with Crippen molar-refractivity contribution >= 4 is 11.6 Å². The van der Waals surface area contributed by atoms with Crippen molar-refractivity contribution < 1.29 is 22.7 Å². The van der Waals surface area contributed by atoms with Crippen molar-refractivity contribution in [2.24, 2.45) is 5.73 Å². The van der Waals surface area contributed by atoms with E-state index in [1.54, 1.807) is 36.7 Å². The Balaban J connectivity index is 0.00000189. The number of aromatic nitrogens is 1. The Morgan fingerprint density at radius 3 is 2.37 bits per heavy atom. The smallest absolute Gasteiger partial charge is 0.377 e. The molecule has 1 amide bonds. The molecule has 7 nitrogen and oxygen atoms in total. The number of pyridine rings is 1. The third-order valence-corrected chi connectivity index (χ3v) is 7.35. The lowest BCUT2D eigenvalue weighted by molar-refractivity contribution is -0.137. The van der Waals surface area contributed by atoms with Crippen LogP contribution >= 0.6 is 0 Å². The van der Waals surface area contributed by atoms with E-state index >= 15 is 0 Å². The molecule has 1 aromatic heterocycles. The average molecular weight is 570 g/mol. The second kappa shape index (κ2) is 13.9. The standard InChI is InChI=1S/C29H32F3N5O2.C2H6/c30-29(31,32)24-6-5-22(15-33)27(14-24)21-3-1-20(2-4-21)16-35-28(38)23-13-25(18-34-17-23)37-10-8-36(9-11-37)19-26-7-12-39-26;1-2/h1-6,13-14,17-18,26H,7-12,15-16,19,33H2,(H,35,38);1-2H3/t26-;/m1./s1. The van der Waals surface area contributed by atoms with Gasteiger partial charge in [-0.15, -0.1) is 0 Å². The number of nitrogens with one attached hydrogen (secondary N) is 1. The molecule has 2 fully saturated rings. The molecule has 2 aliphatic rings. The molecular formula is C31H38F3N5O2. The molecule has 220 valence electrons. The van der Waals surface area contributed by atoms with Gasteiger partial charge in [0.2, 0.25) is 0 Å². The molecular weight excluding hydrogens is 531 g/mol. The quantitative estimate of drug-likeness (QED) is 0.393. The number of alkyl halides is 3. The van der Waals surface area contributed by atoms with Crippen LogP contribution in [-0.2, 0) is 24.0 Å². The molecule has 0 unspecified atom stereocenters. The van der Waals surface area contributed by atoms with E-state index in [1.807, 2.05) is 19.9 Å². The van der Waals surface area contributed by atoms with Gasteiger partial charge in [0.1, 0.15) is 0 Å². The fourth-order valence-corrected chi connectivity index (χ4v) is 4.92. The highest BCUT2D eigenvalue weighted by atomic mass is 19.4. The van der Waals surface area contributed by atoms with Gasteiger partial charge in [0.05, 0.1) is 29.1 Å². The summed E-state index contributed by atoms with van der Waals surface area (Å²) in [5, 5.41) is 2.91. The van der Waals surface area contributed by atoms with Gasteiger partial charge in [-0.05, 0) is 46.9 Å². The van der Waals surface area contributed by atoms with Gasteiger partial charge in [0.25, 0.3) is 5.91 Å². The molecule has 3 heterocycles. The van der Waals surface area contributed by atoms with Gasteiger partial charge in [0, 0.05) is 58.6 Å². The zero-order valence-electron chi connectivity index (χ0n) is 23.6. The number of hydrogen-bond acceptors (Lipinski definition) is 6. The molecule has 41 heavy (non-hydrogen) atoms. The van der Waals surface area contributed by atoms with Crippen molar-refractivity contribution in [3.05, 3.63) is 83.2 Å². The summed E-state index contributed by atoms with van der Waals surface area (Å²) in [5.74, 6) is -0.238. The highest BCUT2D eigenvalue weighted by Gasteiger charge is 2.31. The number of anilines is 1. The molecule has 2 aliphatic heterocycles. The predicted molar refractivity (Wildman–Crippen MR) is 155 cm³/mol. The number of ether oxygens (including phenoxy) is 1. The molecule has 0 bridgehead atoms. The number of hydrogen-bond donors (Lipinski definition) is 2. The second-order valence-electron chi connectivity index (χ2n) is 9.95. The minimum atomic E-state index is -4.43. The summed E-state index contributed by atoms with van der Waals surface area (Å²) in [7, 11) is 0. The number of amides is 1. The highest BCUT2D eigenvalue weighted by molar-refractivity contribution is 5.94. The van der Waals surface area contributed by atoms with Crippen LogP contribution in [-0.4, -0.2) is 61.2 Å². The van der Waals surface area contributed by atoms with E-state index in [0.29, 0.717) is 28.4 Å². The van der Waals surface area contributed by atoms with Gasteiger partial charge in [0.15, 0.2) is 0 Å². The number of rotatable bonds is 8. The summed E-state index contributed by atoms with van der Waals surface area (Å²) < 4.78 is 45.2. The molecule has 2 aromatic carbocycles. The molecule has 0 radical (unpaired) electrons. The monoisotopic (exact) mass is 569 g/mol. The molecule has 2 saturated heterocycles. The predicted octanol–water partition coefficient (Wildman–Crippen LogP) is 5.09. The molecule has 1 atom stereocenters. The second-order valence-corrected chi connectivity index (χ2v) is 9.95. The van der Waals surface area contributed by atoms with E-state index in [-0.39, 0.29) is 19.0 Å². The van der Waals surface area contributed by atoms with E-state index in [2.05, 4.69) is 20.1 Å². The van der Waals surface area contributed by atoms with Crippen molar-refractivity contribution in [1.82, 2.24) is 15.2 Å². The summed E-state index contributed by atoms with van der Waals surface area (Å²) >= 11 is 0. The lowest BCUT2D eigenvalue weighted by Gasteiger charge is -2.39. The van der Waals surface area contributed by atoms with Crippen LogP contribution in [0.25, 0.3) is 11.1 Å². The van der Waals surface area contributed by atoms with Crippen LogP contribution in [0.3, 0.4) is 0 Å². The van der Waals surface area contributed by atoms with Crippen molar-refractivity contribution in [3.8, 4) is 11.1 Å². The fourth-order valence-electron chi connectivity index (χ4n) is 4.92. The topological polar surface area (TPSA) is 83.7 Å². The highest BCUT2D eigenvalue weighted by Crippen LogP contribution is 2.34. The lowest BCUT2D eigenvalue weighted by atomic mass is 9.96. The molecule has 3 N–H and O–H groups in total. The normalized spacial score (nSPS) is 17.3. The van der Waals surface area contributed by atoms with Crippen LogP contribution < -0.4 is 16.0 Å². The minimum absolute atomic E-state index is 0.128. The van der Waals surface area contributed by atoms with Crippen molar-refractivity contribution in [2.75, 3.05) is 44.2 Å². The summed E-state index contributed by atoms with van der Waals surface area (Å²) in [6.45, 7) is 9.86. The first kappa shape index (κ1) is 30.5. The molecule has 5 rings (SSSR count). The molecule has 10 heteroatoms. The largest absolute Gasteiger partial charge is 0.416 e. The summed E-state index contributed by atoms with van der Waals surface area (Å²) in [6, 6.07) is 12.5. The first-order chi connectivity index (χ1) is 19.8. The maximum Gasteiger partial charge on any atom is 0.416 e. The number of carbonyl (C=O) groups excluding carboxylic acids is 1. The summed E-state index contributed by atoms with van der Waals surface area (Å²) in [4.78, 5) is 21.8. The Labute approximate surface area is 239 Å². The van der Waals surface area contributed by atoms with Gasteiger partial charge in [-0.25, -0.2) is 0 Å². The van der Waals surface area contributed by atoms with Crippen molar-refractivity contribution in [3.63, 3.8) is 0 Å². The van der Waals surface area contributed by atoms with Crippen LogP contribution in [0.1, 0.15) is 47.3 Å². The van der Waals surface area contributed by atoms with E-state index in [0.717, 1.165) is 69.1 Å². The number of nitrogens with zero attached hydrogens (tertiary/aromatic N) is 3. The maximum absolute atomic E-state index is 13.2. The first-order valence-electron chi connectivity index (χ1n) is 14.1. The lowest BCUT2D eigenvalue weighted by Crippen LogP contribution is -2.50. The number of halogens is 3. The Hall–Kier alpha value is -3.47. The molecule has 0 spiro atoms. The Morgan fingerprint density at radius 1 is 1.05 bits per heavy atom. The zero-order valence-corrected chi connectivity index (χ0v) is 23.6.